The zero-order chi connectivity index (χ0) is 22.5. The number of fused-ring (bicyclic) bond motifs is 1. The summed E-state index contributed by atoms with van der Waals surface area (Å²) in [5.74, 6) is 1.83. The molecule has 8 heteroatoms. The molecule has 1 amide bonds. The lowest BCUT2D eigenvalue weighted by atomic mass is 10.2. The van der Waals surface area contributed by atoms with Gasteiger partial charge in [-0.1, -0.05) is 0 Å². The Balaban J connectivity index is 1.44. The van der Waals surface area contributed by atoms with Crippen LogP contribution in [0, 0.1) is 6.92 Å². The van der Waals surface area contributed by atoms with Crippen molar-refractivity contribution in [2.75, 3.05) is 26.9 Å². The summed E-state index contributed by atoms with van der Waals surface area (Å²) in [7, 11) is 1.58. The molecule has 0 aliphatic carbocycles. The number of ether oxygens (including phenoxy) is 4. The van der Waals surface area contributed by atoms with Gasteiger partial charge in [-0.25, -0.2) is 0 Å². The number of carbonyl (C=O) groups excluding carboxylic acids is 1. The molecule has 1 N–H and O–H groups in total. The molecule has 168 valence electrons. The van der Waals surface area contributed by atoms with E-state index in [9.17, 15) is 9.59 Å². The molecule has 0 bridgehead atoms. The fourth-order valence-corrected chi connectivity index (χ4v) is 3.47. The summed E-state index contributed by atoms with van der Waals surface area (Å²) < 4.78 is 27.7. The Bertz CT molecular complexity index is 1150. The van der Waals surface area contributed by atoms with Crippen molar-refractivity contribution in [3.63, 3.8) is 0 Å². The molecule has 2 heterocycles. The number of nitrogens with one attached hydrogen (secondary N) is 1. The Morgan fingerprint density at radius 1 is 1.12 bits per heavy atom. The van der Waals surface area contributed by atoms with E-state index in [1.54, 1.807) is 56.5 Å². The van der Waals surface area contributed by atoms with Crippen molar-refractivity contribution in [3.05, 3.63) is 58.4 Å². The zero-order valence-corrected chi connectivity index (χ0v) is 18.0. The minimum atomic E-state index is -0.291. The van der Waals surface area contributed by atoms with E-state index in [1.807, 2.05) is 0 Å². The predicted molar refractivity (Wildman–Crippen MR) is 118 cm³/mol. The topological polar surface area (TPSA) is 96.2 Å². The fourth-order valence-electron chi connectivity index (χ4n) is 3.47. The van der Waals surface area contributed by atoms with Crippen LogP contribution in [-0.2, 0) is 9.53 Å². The molecule has 1 saturated heterocycles. The van der Waals surface area contributed by atoms with E-state index >= 15 is 0 Å². The number of aryl methyl sites for hydroxylation is 1. The van der Waals surface area contributed by atoms with E-state index in [0.717, 1.165) is 19.4 Å². The highest BCUT2D eigenvalue weighted by Gasteiger charge is 2.17. The molecule has 3 aromatic rings. The summed E-state index contributed by atoms with van der Waals surface area (Å²) in [5, 5.41) is 3.16. The van der Waals surface area contributed by atoms with Gasteiger partial charge >= 0.3 is 0 Å². The third-order valence-corrected chi connectivity index (χ3v) is 5.19. The van der Waals surface area contributed by atoms with Gasteiger partial charge in [0.15, 0.2) is 6.61 Å². The van der Waals surface area contributed by atoms with Crippen molar-refractivity contribution >= 4 is 16.9 Å². The van der Waals surface area contributed by atoms with Crippen molar-refractivity contribution in [3.8, 4) is 23.0 Å². The summed E-state index contributed by atoms with van der Waals surface area (Å²) in [6.07, 6.45) is 2.05. The first-order chi connectivity index (χ1) is 15.5. The molecule has 1 aliphatic heterocycles. The molecule has 1 aromatic heterocycles. The summed E-state index contributed by atoms with van der Waals surface area (Å²) in [4.78, 5) is 25.0. The van der Waals surface area contributed by atoms with Gasteiger partial charge in [-0.3, -0.25) is 9.59 Å². The highest BCUT2D eigenvalue weighted by molar-refractivity contribution is 5.80. The number of hydrogen-bond acceptors (Lipinski definition) is 7. The third-order valence-electron chi connectivity index (χ3n) is 5.19. The molecular weight excluding hydrogens is 414 g/mol. The first-order valence-electron chi connectivity index (χ1n) is 10.4. The van der Waals surface area contributed by atoms with Gasteiger partial charge in [-0.2, -0.15) is 0 Å². The van der Waals surface area contributed by atoms with Crippen LogP contribution in [0.2, 0.25) is 0 Å². The summed E-state index contributed by atoms with van der Waals surface area (Å²) in [6.45, 7) is 2.74. The van der Waals surface area contributed by atoms with Gasteiger partial charge in [0, 0.05) is 19.2 Å². The van der Waals surface area contributed by atoms with Crippen molar-refractivity contribution in [2.24, 2.45) is 0 Å². The molecule has 1 fully saturated rings. The van der Waals surface area contributed by atoms with Crippen LogP contribution in [0.4, 0.5) is 0 Å². The maximum Gasteiger partial charge on any atom is 0.258 e. The lowest BCUT2D eigenvalue weighted by Gasteiger charge is -2.12. The van der Waals surface area contributed by atoms with Gasteiger partial charge in [0.25, 0.3) is 5.91 Å². The van der Waals surface area contributed by atoms with E-state index in [-0.39, 0.29) is 29.8 Å². The fraction of sp³-hybridized carbons (Fsp3) is 0.333. The van der Waals surface area contributed by atoms with E-state index in [4.69, 9.17) is 23.4 Å². The maximum atomic E-state index is 12.9. The first kappa shape index (κ1) is 21.7. The molecule has 2 aromatic carbocycles. The number of methoxy groups -OCH3 is 1. The molecule has 0 radical (unpaired) electrons. The second kappa shape index (κ2) is 9.74. The van der Waals surface area contributed by atoms with Gasteiger partial charge in [-0.05, 0) is 56.2 Å². The van der Waals surface area contributed by atoms with E-state index in [0.29, 0.717) is 40.5 Å². The van der Waals surface area contributed by atoms with Gasteiger partial charge in [0.05, 0.1) is 18.6 Å². The number of amides is 1. The largest absolute Gasteiger partial charge is 0.497 e. The molecule has 0 spiro atoms. The van der Waals surface area contributed by atoms with Crippen LogP contribution in [-0.4, -0.2) is 38.9 Å². The minimum absolute atomic E-state index is 0.0752. The Hall–Kier alpha value is -3.52. The van der Waals surface area contributed by atoms with Crippen molar-refractivity contribution < 1.29 is 28.2 Å². The molecule has 4 rings (SSSR count). The lowest BCUT2D eigenvalue weighted by molar-refractivity contribution is -0.123. The third kappa shape index (κ3) is 5.03. The monoisotopic (exact) mass is 439 g/mol. The molecule has 0 saturated carbocycles. The summed E-state index contributed by atoms with van der Waals surface area (Å²) >= 11 is 0. The number of carbonyl (C=O) groups is 1. The van der Waals surface area contributed by atoms with Crippen LogP contribution >= 0.6 is 0 Å². The molecule has 8 nitrogen and oxygen atoms in total. The lowest BCUT2D eigenvalue weighted by Crippen LogP contribution is -2.35. The number of benzene rings is 2. The standard InChI is InChI=1S/C24H25NO7/c1-15-24(32-17-7-5-16(28-2)6-8-17)23(27)20-10-9-18(12-21(20)31-15)30-14-22(26)25-13-19-4-3-11-29-19/h5-10,12,19H,3-4,11,13-14H2,1-2H3,(H,25,26)/t19-/m1/s1. The Labute approximate surface area is 185 Å². The molecule has 32 heavy (non-hydrogen) atoms. The Morgan fingerprint density at radius 2 is 1.88 bits per heavy atom. The second-order valence-electron chi connectivity index (χ2n) is 7.48. The second-order valence-corrected chi connectivity index (χ2v) is 7.48. The van der Waals surface area contributed by atoms with Gasteiger partial charge in [0.1, 0.15) is 28.6 Å². The van der Waals surface area contributed by atoms with Crippen molar-refractivity contribution in [1.82, 2.24) is 5.32 Å². The zero-order valence-electron chi connectivity index (χ0n) is 18.0. The molecule has 1 atom stereocenters. The molecule has 1 aliphatic rings. The van der Waals surface area contributed by atoms with Crippen LogP contribution in [0.25, 0.3) is 11.0 Å². The average Bonchev–Trinajstić information content (AvgIpc) is 3.33. The number of rotatable bonds is 8. The predicted octanol–water partition coefficient (Wildman–Crippen LogP) is 3.58. The Morgan fingerprint density at radius 3 is 2.59 bits per heavy atom. The van der Waals surface area contributed by atoms with Crippen LogP contribution in [0.15, 0.2) is 51.7 Å². The van der Waals surface area contributed by atoms with Gasteiger partial charge < -0.3 is 28.7 Å². The van der Waals surface area contributed by atoms with Crippen LogP contribution in [0.5, 0.6) is 23.0 Å². The normalized spacial score (nSPS) is 15.5. The van der Waals surface area contributed by atoms with Crippen LogP contribution in [0.3, 0.4) is 0 Å². The highest BCUT2D eigenvalue weighted by atomic mass is 16.5. The highest BCUT2D eigenvalue weighted by Crippen LogP contribution is 2.28. The summed E-state index contributed by atoms with van der Waals surface area (Å²) in [5.41, 5.74) is 0.0623. The quantitative estimate of drug-likeness (QED) is 0.573. The smallest absolute Gasteiger partial charge is 0.258 e. The van der Waals surface area contributed by atoms with Crippen molar-refractivity contribution in [2.45, 2.75) is 25.9 Å². The van der Waals surface area contributed by atoms with E-state index in [2.05, 4.69) is 5.32 Å². The maximum absolute atomic E-state index is 12.9. The van der Waals surface area contributed by atoms with Crippen LogP contribution < -0.4 is 25.0 Å². The molecule has 0 unspecified atom stereocenters. The van der Waals surface area contributed by atoms with E-state index in [1.165, 1.54) is 0 Å². The first-order valence-corrected chi connectivity index (χ1v) is 10.4. The van der Waals surface area contributed by atoms with Gasteiger partial charge in [0.2, 0.25) is 11.2 Å². The molecular formula is C24H25NO7. The van der Waals surface area contributed by atoms with Crippen LogP contribution in [0.1, 0.15) is 18.6 Å². The summed E-state index contributed by atoms with van der Waals surface area (Å²) in [6, 6.07) is 11.7. The average molecular weight is 439 g/mol. The SMILES string of the molecule is COc1ccc(Oc2c(C)oc3cc(OCC(=O)NC[C@H]4CCCO4)ccc3c2=O)cc1. The van der Waals surface area contributed by atoms with Crippen molar-refractivity contribution in [1.29, 1.82) is 0 Å². The Kier molecular flexibility index (Phi) is 6.61. The van der Waals surface area contributed by atoms with E-state index < -0.39 is 0 Å². The number of hydrogen-bond donors (Lipinski definition) is 1. The minimum Gasteiger partial charge on any atom is -0.497 e. The van der Waals surface area contributed by atoms with Gasteiger partial charge in [-0.15, -0.1) is 0 Å².